The lowest BCUT2D eigenvalue weighted by molar-refractivity contribution is -0.126. The van der Waals surface area contributed by atoms with Crippen LogP contribution in [0.5, 0.6) is 0 Å². The number of nitrogens with two attached hydrogens (primary N) is 1. The molecule has 1 heterocycles. The number of nitrogens with one attached hydrogen (secondary N) is 1. The van der Waals surface area contributed by atoms with Gasteiger partial charge in [0.05, 0.1) is 11.6 Å². The molecule has 0 radical (unpaired) electrons. The monoisotopic (exact) mass is 285 g/mol. The third kappa shape index (κ3) is 4.00. The van der Waals surface area contributed by atoms with Crippen LogP contribution in [0.25, 0.3) is 0 Å². The highest BCUT2D eigenvalue weighted by atomic mass is 32.1. The van der Waals surface area contributed by atoms with Crippen LogP contribution < -0.4 is 11.1 Å². The van der Waals surface area contributed by atoms with Gasteiger partial charge in [0.2, 0.25) is 5.91 Å². The summed E-state index contributed by atoms with van der Waals surface area (Å²) in [4.78, 5) is 26.7. The fourth-order valence-electron chi connectivity index (χ4n) is 1.64. The molecule has 0 fully saturated rings. The normalized spacial score (nSPS) is 15.6. The molecule has 0 aliphatic heterocycles. The SMILES string of the molecule is CCCC(C)(N)C(=O)NC(C)c1nc(C(=O)O)cs1. The lowest BCUT2D eigenvalue weighted by Gasteiger charge is -2.24. The van der Waals surface area contributed by atoms with E-state index in [0.717, 1.165) is 6.42 Å². The van der Waals surface area contributed by atoms with Gasteiger partial charge in [0.1, 0.15) is 5.01 Å². The highest BCUT2D eigenvalue weighted by Crippen LogP contribution is 2.19. The van der Waals surface area contributed by atoms with E-state index in [1.807, 2.05) is 6.92 Å². The van der Waals surface area contributed by atoms with E-state index in [0.29, 0.717) is 11.4 Å². The summed E-state index contributed by atoms with van der Waals surface area (Å²) in [6.07, 6.45) is 1.40. The van der Waals surface area contributed by atoms with Crippen molar-refractivity contribution in [3.8, 4) is 0 Å². The summed E-state index contributed by atoms with van der Waals surface area (Å²) in [6.45, 7) is 5.40. The zero-order chi connectivity index (χ0) is 14.6. The fraction of sp³-hybridized carbons (Fsp3) is 0.583. The van der Waals surface area contributed by atoms with Crippen LogP contribution in [-0.4, -0.2) is 27.5 Å². The first kappa shape index (κ1) is 15.6. The van der Waals surface area contributed by atoms with Gasteiger partial charge in [-0.3, -0.25) is 4.79 Å². The Morgan fingerprint density at radius 3 is 2.74 bits per heavy atom. The molecule has 0 aliphatic carbocycles. The molecule has 1 amide bonds. The number of hydrogen-bond acceptors (Lipinski definition) is 5. The van der Waals surface area contributed by atoms with E-state index in [4.69, 9.17) is 10.8 Å². The predicted octanol–water partition coefficient (Wildman–Crippen LogP) is 1.54. The Hall–Kier alpha value is -1.47. The van der Waals surface area contributed by atoms with Crippen LogP contribution in [0, 0.1) is 0 Å². The first-order valence-electron chi connectivity index (χ1n) is 6.06. The molecule has 0 aromatic carbocycles. The summed E-state index contributed by atoms with van der Waals surface area (Å²) in [6, 6.07) is -0.356. The zero-order valence-corrected chi connectivity index (χ0v) is 12.1. The molecule has 1 rings (SSSR count). The molecule has 2 unspecified atom stereocenters. The van der Waals surface area contributed by atoms with Gasteiger partial charge in [0.15, 0.2) is 5.69 Å². The number of carboxylic acid groups (broad SMARTS) is 1. The number of hydrogen-bond donors (Lipinski definition) is 3. The van der Waals surface area contributed by atoms with Gasteiger partial charge in [-0.1, -0.05) is 13.3 Å². The van der Waals surface area contributed by atoms with Crippen molar-refractivity contribution in [3.63, 3.8) is 0 Å². The van der Waals surface area contributed by atoms with E-state index in [2.05, 4.69) is 10.3 Å². The van der Waals surface area contributed by atoms with Gasteiger partial charge < -0.3 is 16.2 Å². The van der Waals surface area contributed by atoms with Gasteiger partial charge >= 0.3 is 5.97 Å². The van der Waals surface area contributed by atoms with E-state index >= 15 is 0 Å². The number of carbonyl (C=O) groups is 2. The van der Waals surface area contributed by atoms with Crippen molar-refractivity contribution in [1.29, 1.82) is 0 Å². The second kappa shape index (κ2) is 6.12. The van der Waals surface area contributed by atoms with Crippen molar-refractivity contribution >= 4 is 23.2 Å². The quantitative estimate of drug-likeness (QED) is 0.735. The van der Waals surface area contributed by atoms with Crippen LogP contribution in [0.2, 0.25) is 0 Å². The van der Waals surface area contributed by atoms with Crippen LogP contribution >= 0.6 is 11.3 Å². The molecule has 2 atom stereocenters. The maximum atomic E-state index is 12.0. The second-order valence-corrected chi connectivity index (χ2v) is 5.63. The summed E-state index contributed by atoms with van der Waals surface area (Å²) >= 11 is 1.20. The lowest BCUT2D eigenvalue weighted by atomic mass is 9.96. The maximum Gasteiger partial charge on any atom is 0.355 e. The summed E-state index contributed by atoms with van der Waals surface area (Å²) in [5.74, 6) is -1.33. The summed E-state index contributed by atoms with van der Waals surface area (Å²) in [5, 5.41) is 13.6. The molecular weight excluding hydrogens is 266 g/mol. The van der Waals surface area contributed by atoms with E-state index in [1.165, 1.54) is 16.7 Å². The average molecular weight is 285 g/mol. The highest BCUT2D eigenvalue weighted by Gasteiger charge is 2.29. The Kier molecular flexibility index (Phi) is 5.02. The average Bonchev–Trinajstić information content (AvgIpc) is 2.77. The number of amides is 1. The Balaban J connectivity index is 2.71. The highest BCUT2D eigenvalue weighted by molar-refractivity contribution is 7.09. The molecule has 6 nitrogen and oxygen atoms in total. The standard InChI is InChI=1S/C12H19N3O3S/c1-4-5-12(3,13)11(18)14-7(2)9-15-8(6-19-9)10(16)17/h6-7H,4-5,13H2,1-3H3,(H,14,18)(H,16,17). The second-order valence-electron chi connectivity index (χ2n) is 4.74. The molecular formula is C12H19N3O3S. The van der Waals surface area contributed by atoms with Gasteiger partial charge in [-0.25, -0.2) is 9.78 Å². The number of aromatic nitrogens is 1. The van der Waals surface area contributed by atoms with Crippen molar-refractivity contribution in [3.05, 3.63) is 16.1 Å². The van der Waals surface area contributed by atoms with E-state index in [1.54, 1.807) is 13.8 Å². The van der Waals surface area contributed by atoms with Crippen LogP contribution in [0.4, 0.5) is 0 Å². The minimum Gasteiger partial charge on any atom is -0.476 e. The van der Waals surface area contributed by atoms with Crippen molar-refractivity contribution in [2.75, 3.05) is 0 Å². The Morgan fingerprint density at radius 1 is 1.63 bits per heavy atom. The number of nitrogens with zero attached hydrogens (tertiary/aromatic N) is 1. The van der Waals surface area contributed by atoms with Crippen molar-refractivity contribution in [1.82, 2.24) is 10.3 Å². The summed E-state index contributed by atoms with van der Waals surface area (Å²) < 4.78 is 0. The smallest absolute Gasteiger partial charge is 0.355 e. The third-order valence-electron chi connectivity index (χ3n) is 2.75. The molecule has 106 valence electrons. The number of thiazole rings is 1. The number of carboxylic acids is 1. The number of rotatable bonds is 6. The molecule has 1 aromatic rings. The van der Waals surface area contributed by atoms with E-state index in [-0.39, 0.29) is 17.6 Å². The topological polar surface area (TPSA) is 105 Å². The van der Waals surface area contributed by atoms with Gasteiger partial charge in [0, 0.05) is 5.38 Å². The van der Waals surface area contributed by atoms with Gasteiger partial charge in [-0.15, -0.1) is 11.3 Å². The molecule has 0 saturated carbocycles. The van der Waals surface area contributed by atoms with Crippen molar-refractivity contribution in [2.45, 2.75) is 45.2 Å². The third-order valence-corrected chi connectivity index (χ3v) is 3.77. The minimum absolute atomic E-state index is 0.00910. The zero-order valence-electron chi connectivity index (χ0n) is 11.3. The van der Waals surface area contributed by atoms with Crippen LogP contribution in [0.3, 0.4) is 0 Å². The molecule has 0 spiro atoms. The van der Waals surface area contributed by atoms with E-state index in [9.17, 15) is 9.59 Å². The summed E-state index contributed by atoms with van der Waals surface area (Å²) in [7, 11) is 0. The van der Waals surface area contributed by atoms with Gasteiger partial charge in [-0.2, -0.15) is 0 Å². The maximum absolute atomic E-state index is 12.0. The predicted molar refractivity (Wildman–Crippen MR) is 73.1 cm³/mol. The van der Waals surface area contributed by atoms with Crippen LogP contribution in [-0.2, 0) is 4.79 Å². The molecule has 0 aliphatic rings. The van der Waals surface area contributed by atoms with Crippen LogP contribution in [0.15, 0.2) is 5.38 Å². The Morgan fingerprint density at radius 2 is 2.26 bits per heavy atom. The molecule has 0 bridgehead atoms. The Bertz CT molecular complexity index is 471. The minimum atomic E-state index is -1.07. The lowest BCUT2D eigenvalue weighted by Crippen LogP contribution is -2.52. The largest absolute Gasteiger partial charge is 0.476 e. The number of aromatic carboxylic acids is 1. The van der Waals surface area contributed by atoms with Crippen molar-refractivity contribution < 1.29 is 14.7 Å². The fourth-order valence-corrected chi connectivity index (χ4v) is 2.44. The van der Waals surface area contributed by atoms with Gasteiger partial charge in [-0.05, 0) is 20.3 Å². The van der Waals surface area contributed by atoms with E-state index < -0.39 is 11.5 Å². The first-order chi connectivity index (χ1) is 8.77. The first-order valence-corrected chi connectivity index (χ1v) is 6.94. The Labute approximate surface area is 116 Å². The molecule has 4 N–H and O–H groups in total. The molecule has 7 heteroatoms. The summed E-state index contributed by atoms with van der Waals surface area (Å²) in [5.41, 5.74) is 5.00. The molecule has 0 saturated heterocycles. The van der Waals surface area contributed by atoms with Crippen LogP contribution in [0.1, 0.15) is 55.2 Å². The van der Waals surface area contributed by atoms with Gasteiger partial charge in [0.25, 0.3) is 0 Å². The van der Waals surface area contributed by atoms with Crippen molar-refractivity contribution in [2.24, 2.45) is 5.73 Å². The molecule has 19 heavy (non-hydrogen) atoms. The molecule has 1 aromatic heterocycles. The number of carbonyl (C=O) groups excluding carboxylic acids is 1.